The van der Waals surface area contributed by atoms with Crippen molar-refractivity contribution in [1.82, 2.24) is 9.97 Å². The quantitative estimate of drug-likeness (QED) is 0.868. The van der Waals surface area contributed by atoms with Crippen LogP contribution in [0, 0.1) is 16.7 Å². The third kappa shape index (κ3) is 1.83. The summed E-state index contributed by atoms with van der Waals surface area (Å²) in [6, 6.07) is 0. The minimum absolute atomic E-state index is 0.223. The Morgan fingerprint density at radius 2 is 2.10 bits per heavy atom. The number of rotatable bonds is 3. The molecule has 0 aliphatic heterocycles. The molecule has 0 amide bonds. The molecule has 3 rings (SSSR count). The highest BCUT2D eigenvalue weighted by molar-refractivity contribution is 7.80. The van der Waals surface area contributed by atoms with Crippen LogP contribution in [0.1, 0.15) is 45.7 Å². The van der Waals surface area contributed by atoms with Crippen LogP contribution in [0.15, 0.2) is 12.4 Å². The normalized spacial score (nSPS) is 34.1. The summed E-state index contributed by atoms with van der Waals surface area (Å²) >= 11 is 4.87. The fourth-order valence-electron chi connectivity index (χ4n) is 3.96. The second-order valence-corrected chi connectivity index (χ2v) is 7.26. The van der Waals surface area contributed by atoms with E-state index in [2.05, 4.69) is 30.7 Å². The van der Waals surface area contributed by atoms with Gasteiger partial charge in [0.05, 0.1) is 12.4 Å². The largest absolute Gasteiger partial charge is 0.473 e. The van der Waals surface area contributed by atoms with E-state index in [4.69, 9.17) is 22.7 Å². The predicted molar refractivity (Wildman–Crippen MR) is 81.6 cm³/mol. The summed E-state index contributed by atoms with van der Waals surface area (Å²) in [4.78, 5) is 8.72. The highest BCUT2D eigenvalue weighted by Crippen LogP contribution is 2.66. The van der Waals surface area contributed by atoms with Crippen molar-refractivity contribution in [2.24, 2.45) is 22.5 Å². The minimum Gasteiger partial charge on any atom is -0.473 e. The van der Waals surface area contributed by atoms with Gasteiger partial charge in [-0.15, -0.1) is 0 Å². The van der Waals surface area contributed by atoms with Crippen LogP contribution in [0.3, 0.4) is 0 Å². The molecule has 0 radical (unpaired) electrons. The van der Waals surface area contributed by atoms with Gasteiger partial charge in [-0.1, -0.05) is 33.0 Å². The number of nitrogens with zero attached hydrogens (tertiary/aromatic N) is 2. The van der Waals surface area contributed by atoms with Crippen molar-refractivity contribution in [2.75, 3.05) is 0 Å². The lowest BCUT2D eigenvalue weighted by Gasteiger charge is -2.38. The van der Waals surface area contributed by atoms with Crippen LogP contribution in [-0.2, 0) is 0 Å². The number of nitrogens with two attached hydrogens (primary N) is 1. The van der Waals surface area contributed by atoms with E-state index in [9.17, 15) is 0 Å². The minimum atomic E-state index is 0.223. The molecule has 20 heavy (non-hydrogen) atoms. The van der Waals surface area contributed by atoms with E-state index in [0.717, 1.165) is 12.3 Å². The number of aromatic nitrogens is 2. The van der Waals surface area contributed by atoms with Crippen molar-refractivity contribution in [1.29, 1.82) is 0 Å². The van der Waals surface area contributed by atoms with Gasteiger partial charge in [0.2, 0.25) is 5.88 Å². The summed E-state index contributed by atoms with van der Waals surface area (Å²) in [6.45, 7) is 7.09. The Balaban J connectivity index is 1.78. The van der Waals surface area contributed by atoms with Gasteiger partial charge in [0.15, 0.2) is 0 Å². The molecule has 1 aromatic heterocycles. The third-order valence-corrected chi connectivity index (χ3v) is 6.07. The summed E-state index contributed by atoms with van der Waals surface area (Å²) in [5, 5.41) is 0. The highest BCUT2D eigenvalue weighted by atomic mass is 32.1. The van der Waals surface area contributed by atoms with Gasteiger partial charge in [-0.2, -0.15) is 0 Å². The first kappa shape index (κ1) is 13.7. The van der Waals surface area contributed by atoms with Gasteiger partial charge in [0.25, 0.3) is 0 Å². The summed E-state index contributed by atoms with van der Waals surface area (Å²) < 4.78 is 6.12. The maximum atomic E-state index is 6.12. The number of hydrogen-bond donors (Lipinski definition) is 1. The highest BCUT2D eigenvalue weighted by Gasteiger charge is 2.62. The monoisotopic (exact) mass is 291 g/mol. The van der Waals surface area contributed by atoms with Crippen molar-refractivity contribution in [3.05, 3.63) is 18.1 Å². The van der Waals surface area contributed by atoms with Crippen LogP contribution in [0.2, 0.25) is 0 Å². The van der Waals surface area contributed by atoms with E-state index >= 15 is 0 Å². The SMILES string of the molecule is CC1(C)C2CCC1(C)C(Oc1cnc(C(N)=S)cn1)C2. The van der Waals surface area contributed by atoms with Crippen molar-refractivity contribution >= 4 is 17.2 Å². The second-order valence-electron chi connectivity index (χ2n) is 6.82. The van der Waals surface area contributed by atoms with E-state index in [1.807, 2.05) is 0 Å². The zero-order valence-corrected chi connectivity index (χ0v) is 13.0. The summed E-state index contributed by atoms with van der Waals surface area (Å²) in [7, 11) is 0. The Bertz CT molecular complexity index is 543. The molecule has 2 aliphatic carbocycles. The number of thiocarbonyl (C=S) groups is 1. The molecule has 2 aliphatic rings. The molecule has 4 nitrogen and oxygen atoms in total. The van der Waals surface area contributed by atoms with Gasteiger partial charge in [0, 0.05) is 5.41 Å². The molecule has 0 saturated heterocycles. The maximum absolute atomic E-state index is 6.12. The van der Waals surface area contributed by atoms with E-state index < -0.39 is 0 Å². The zero-order valence-electron chi connectivity index (χ0n) is 12.2. The first-order chi connectivity index (χ1) is 9.34. The van der Waals surface area contributed by atoms with Crippen LogP contribution in [0.4, 0.5) is 0 Å². The molecular weight excluding hydrogens is 270 g/mol. The molecule has 1 aromatic rings. The fourth-order valence-corrected chi connectivity index (χ4v) is 4.06. The molecule has 2 bridgehead atoms. The topological polar surface area (TPSA) is 61.0 Å². The van der Waals surface area contributed by atoms with Gasteiger partial charge in [0.1, 0.15) is 16.8 Å². The molecule has 1 heterocycles. The average Bonchev–Trinajstić information content (AvgIpc) is 2.72. The third-order valence-electron chi connectivity index (χ3n) is 5.86. The van der Waals surface area contributed by atoms with Gasteiger partial charge in [-0.3, -0.25) is 0 Å². The molecule has 2 fully saturated rings. The standard InChI is InChI=1S/C15H21N3OS/c1-14(2)9-4-5-15(14,3)11(6-9)19-12-8-17-10(7-18-12)13(16)20/h7-9,11H,4-6H2,1-3H3,(H2,16,20). The van der Waals surface area contributed by atoms with Crippen LogP contribution in [0.5, 0.6) is 5.88 Å². The fraction of sp³-hybridized carbons (Fsp3) is 0.667. The number of ether oxygens (including phenoxy) is 1. The lowest BCUT2D eigenvalue weighted by Crippen LogP contribution is -2.39. The summed E-state index contributed by atoms with van der Waals surface area (Å²) in [6.07, 6.45) is 7.09. The molecule has 3 atom stereocenters. The van der Waals surface area contributed by atoms with Gasteiger partial charge in [-0.25, -0.2) is 9.97 Å². The van der Waals surface area contributed by atoms with E-state index in [0.29, 0.717) is 17.0 Å². The molecular formula is C15H21N3OS. The average molecular weight is 291 g/mol. The smallest absolute Gasteiger partial charge is 0.232 e. The Morgan fingerprint density at radius 3 is 2.55 bits per heavy atom. The van der Waals surface area contributed by atoms with Crippen LogP contribution in [-0.4, -0.2) is 21.1 Å². The van der Waals surface area contributed by atoms with Crippen LogP contribution in [0.25, 0.3) is 0 Å². The Labute approximate surface area is 125 Å². The Morgan fingerprint density at radius 1 is 1.35 bits per heavy atom. The van der Waals surface area contributed by atoms with Gasteiger partial charge >= 0.3 is 0 Å². The second kappa shape index (κ2) is 4.38. The van der Waals surface area contributed by atoms with Crippen LogP contribution >= 0.6 is 12.2 Å². The van der Waals surface area contributed by atoms with Crippen molar-refractivity contribution < 1.29 is 4.74 Å². The number of fused-ring (bicyclic) bond motifs is 2. The molecule has 3 unspecified atom stereocenters. The molecule has 108 valence electrons. The Hall–Kier alpha value is -1.23. The van der Waals surface area contributed by atoms with Crippen LogP contribution < -0.4 is 10.5 Å². The number of hydrogen-bond acceptors (Lipinski definition) is 4. The first-order valence-corrected chi connectivity index (χ1v) is 7.54. The lowest BCUT2D eigenvalue weighted by atomic mass is 9.70. The van der Waals surface area contributed by atoms with E-state index in [1.165, 1.54) is 12.8 Å². The lowest BCUT2D eigenvalue weighted by molar-refractivity contribution is 0.0270. The molecule has 2 N–H and O–H groups in total. The van der Waals surface area contributed by atoms with E-state index in [1.54, 1.807) is 12.4 Å². The molecule has 5 heteroatoms. The summed E-state index contributed by atoms with van der Waals surface area (Å²) in [5.41, 5.74) is 6.62. The van der Waals surface area contributed by atoms with Gasteiger partial charge in [-0.05, 0) is 30.6 Å². The van der Waals surface area contributed by atoms with Crippen molar-refractivity contribution in [2.45, 2.75) is 46.1 Å². The maximum Gasteiger partial charge on any atom is 0.232 e. The Kier molecular flexibility index (Phi) is 3.01. The van der Waals surface area contributed by atoms with Crippen molar-refractivity contribution in [3.63, 3.8) is 0 Å². The van der Waals surface area contributed by atoms with Crippen molar-refractivity contribution in [3.8, 4) is 5.88 Å². The first-order valence-electron chi connectivity index (χ1n) is 7.13. The van der Waals surface area contributed by atoms with E-state index in [-0.39, 0.29) is 16.5 Å². The zero-order chi connectivity index (χ0) is 14.5. The molecule has 0 aromatic carbocycles. The van der Waals surface area contributed by atoms with Gasteiger partial charge < -0.3 is 10.5 Å². The molecule has 0 spiro atoms. The molecule has 2 saturated carbocycles. The predicted octanol–water partition coefficient (Wildman–Crippen LogP) is 2.70. The summed E-state index contributed by atoms with van der Waals surface area (Å²) in [5.74, 6) is 1.32.